The Morgan fingerprint density at radius 1 is 0.316 bits per heavy atom. The molecule has 0 saturated carbocycles. The summed E-state index contributed by atoms with van der Waals surface area (Å²) in [4.78, 5) is 12.6. The average molecular weight is 1100 g/mol. The van der Waals surface area contributed by atoms with Crippen molar-refractivity contribution in [2.45, 2.75) is 405 Å². The lowest BCUT2D eigenvalue weighted by molar-refractivity contribution is -0.123. The van der Waals surface area contributed by atoms with Gasteiger partial charge in [0, 0.05) is 6.42 Å². The Morgan fingerprint density at radius 3 is 0.835 bits per heavy atom. The highest BCUT2D eigenvalue weighted by Crippen LogP contribution is 2.19. The predicted molar refractivity (Wildman–Crippen MR) is 354 cm³/mol. The first-order valence-corrected chi connectivity index (χ1v) is 36.0. The van der Waals surface area contributed by atoms with Gasteiger partial charge >= 0.3 is 0 Å². The van der Waals surface area contributed by atoms with E-state index in [2.05, 4.69) is 67.8 Å². The third kappa shape index (κ3) is 66.8. The predicted octanol–water partition coefficient (Wildman–Crippen LogP) is 24.7. The molecule has 0 heterocycles. The number of aliphatic hydroxyl groups excluding tert-OH is 2. The minimum absolute atomic E-state index is 0.0561. The summed E-state index contributed by atoms with van der Waals surface area (Å²) in [6, 6.07) is -0.623. The lowest BCUT2D eigenvalue weighted by Gasteiger charge is -2.20. The van der Waals surface area contributed by atoms with Gasteiger partial charge in [-0.2, -0.15) is 0 Å². The van der Waals surface area contributed by atoms with E-state index >= 15 is 0 Å². The first-order chi connectivity index (χ1) is 39.2. The van der Waals surface area contributed by atoms with E-state index in [0.29, 0.717) is 6.42 Å². The van der Waals surface area contributed by atoms with E-state index in [1.807, 2.05) is 6.08 Å². The molecule has 0 bridgehead atoms. The molecule has 0 aromatic carbocycles. The number of allylic oxidation sites excluding steroid dienone is 9. The van der Waals surface area contributed by atoms with Gasteiger partial charge in [-0.25, -0.2) is 0 Å². The Morgan fingerprint density at radius 2 is 0.557 bits per heavy atom. The van der Waals surface area contributed by atoms with Gasteiger partial charge in [-0.05, 0) is 57.8 Å². The average Bonchev–Trinajstić information content (AvgIpc) is 3.45. The van der Waals surface area contributed by atoms with Crippen LogP contribution in [-0.2, 0) is 4.79 Å². The molecule has 2 unspecified atom stereocenters. The maximum atomic E-state index is 12.6. The Balaban J connectivity index is 3.41. The van der Waals surface area contributed by atoms with Crippen LogP contribution in [0.2, 0.25) is 0 Å². The lowest BCUT2D eigenvalue weighted by atomic mass is 10.0. The van der Waals surface area contributed by atoms with Crippen molar-refractivity contribution in [2.24, 2.45) is 0 Å². The van der Waals surface area contributed by atoms with Crippen LogP contribution in [0.15, 0.2) is 60.8 Å². The number of aliphatic hydroxyl groups is 2. The highest BCUT2D eigenvalue weighted by atomic mass is 16.3. The summed E-state index contributed by atoms with van der Waals surface area (Å²) in [5.41, 5.74) is 0. The van der Waals surface area contributed by atoms with E-state index < -0.39 is 12.1 Å². The van der Waals surface area contributed by atoms with Gasteiger partial charge < -0.3 is 15.5 Å². The molecule has 0 aliphatic rings. The van der Waals surface area contributed by atoms with Gasteiger partial charge in [0.1, 0.15) is 0 Å². The van der Waals surface area contributed by atoms with E-state index in [-0.39, 0.29) is 12.5 Å². The maximum Gasteiger partial charge on any atom is 0.220 e. The first kappa shape index (κ1) is 77.1. The van der Waals surface area contributed by atoms with Crippen molar-refractivity contribution < 1.29 is 15.0 Å². The zero-order valence-electron chi connectivity index (χ0n) is 53.7. The van der Waals surface area contributed by atoms with Gasteiger partial charge in [0.2, 0.25) is 5.91 Å². The molecular weight excluding hydrogens is 963 g/mol. The van der Waals surface area contributed by atoms with Crippen LogP contribution in [0.5, 0.6) is 0 Å². The van der Waals surface area contributed by atoms with Crippen LogP contribution >= 0.6 is 0 Å². The second-order valence-corrected chi connectivity index (χ2v) is 24.6. The molecule has 0 fully saturated rings. The molecule has 2 atom stereocenters. The zero-order chi connectivity index (χ0) is 56.9. The summed E-state index contributed by atoms with van der Waals surface area (Å²) in [5, 5.41) is 23.3. The lowest BCUT2D eigenvalue weighted by Crippen LogP contribution is -2.45. The Kier molecular flexibility index (Phi) is 68.7. The summed E-state index contributed by atoms with van der Waals surface area (Å²) in [6.45, 7) is 4.24. The monoisotopic (exact) mass is 1100 g/mol. The number of rotatable bonds is 67. The fraction of sp³-hybridized carbons (Fsp3) is 0.853. The van der Waals surface area contributed by atoms with E-state index in [4.69, 9.17) is 0 Å². The van der Waals surface area contributed by atoms with Crippen molar-refractivity contribution in [1.29, 1.82) is 0 Å². The standard InChI is InChI=1S/C75H141NO3/c1-3-5-7-9-11-13-15-17-19-21-23-25-27-29-31-33-35-36-37-38-39-40-41-43-45-47-49-51-53-55-57-59-61-63-65-67-69-71-75(79)76-73(72-77)74(78)70-68-66-64-62-60-58-56-54-52-50-48-46-44-42-34-32-30-28-26-24-22-20-18-16-14-12-10-8-6-4-2/h5,7,11,13,17,19,23,25,68,70,73-74,77-78H,3-4,6,8-10,12,14-16,18,20-22,24,26-67,69,71-72H2,1-2H3,(H,76,79)/b7-5-,13-11-,19-17-,25-23-,70-68+. The number of carbonyl (C=O) groups excluding carboxylic acids is 1. The van der Waals surface area contributed by atoms with E-state index in [9.17, 15) is 15.0 Å². The first-order valence-electron chi connectivity index (χ1n) is 36.0. The van der Waals surface area contributed by atoms with Gasteiger partial charge in [-0.3, -0.25) is 4.79 Å². The summed E-state index contributed by atoms with van der Waals surface area (Å²) in [7, 11) is 0. The van der Waals surface area contributed by atoms with Gasteiger partial charge in [0.15, 0.2) is 0 Å². The van der Waals surface area contributed by atoms with Gasteiger partial charge in [-0.1, -0.05) is 389 Å². The fourth-order valence-electron chi connectivity index (χ4n) is 11.4. The quantitative estimate of drug-likeness (QED) is 0.0420. The second kappa shape index (κ2) is 70.4. The minimum Gasteiger partial charge on any atom is -0.394 e. The third-order valence-electron chi connectivity index (χ3n) is 16.8. The molecule has 1 amide bonds. The highest BCUT2D eigenvalue weighted by molar-refractivity contribution is 5.76. The summed E-state index contributed by atoms with van der Waals surface area (Å²) >= 11 is 0. The minimum atomic E-state index is -0.841. The van der Waals surface area contributed by atoms with Crippen LogP contribution in [0.25, 0.3) is 0 Å². The van der Waals surface area contributed by atoms with Crippen LogP contribution < -0.4 is 5.32 Å². The van der Waals surface area contributed by atoms with Crippen molar-refractivity contribution >= 4 is 5.91 Å². The second-order valence-electron chi connectivity index (χ2n) is 24.6. The topological polar surface area (TPSA) is 69.6 Å². The molecule has 4 heteroatoms. The summed E-state index contributed by atoms with van der Waals surface area (Å²) < 4.78 is 0. The van der Waals surface area contributed by atoms with E-state index in [1.165, 1.54) is 321 Å². The Hall–Kier alpha value is -1.91. The Bertz CT molecular complexity index is 1300. The molecule has 0 rings (SSSR count). The van der Waals surface area contributed by atoms with E-state index in [1.54, 1.807) is 6.08 Å². The van der Waals surface area contributed by atoms with Crippen LogP contribution in [0.4, 0.5) is 0 Å². The molecule has 0 radical (unpaired) electrons. The van der Waals surface area contributed by atoms with Crippen molar-refractivity contribution in [3.63, 3.8) is 0 Å². The van der Waals surface area contributed by atoms with Gasteiger partial charge in [0.05, 0.1) is 18.8 Å². The van der Waals surface area contributed by atoms with Crippen LogP contribution in [0, 0.1) is 0 Å². The van der Waals surface area contributed by atoms with Crippen LogP contribution in [-0.4, -0.2) is 34.9 Å². The number of amides is 1. The molecule has 0 aromatic rings. The van der Waals surface area contributed by atoms with Crippen molar-refractivity contribution in [2.75, 3.05) is 6.61 Å². The molecule has 0 spiro atoms. The molecule has 79 heavy (non-hydrogen) atoms. The number of hydrogen-bond donors (Lipinski definition) is 3. The van der Waals surface area contributed by atoms with Crippen molar-refractivity contribution in [3.8, 4) is 0 Å². The van der Waals surface area contributed by atoms with E-state index in [0.717, 1.165) is 51.4 Å². The maximum absolute atomic E-state index is 12.6. The Labute approximate surface area is 496 Å². The molecule has 0 aliphatic carbocycles. The number of hydrogen-bond acceptors (Lipinski definition) is 3. The summed E-state index contributed by atoms with van der Waals surface area (Å²) in [5.74, 6) is -0.0561. The van der Waals surface area contributed by atoms with Crippen LogP contribution in [0.3, 0.4) is 0 Å². The van der Waals surface area contributed by atoms with Crippen molar-refractivity contribution in [1.82, 2.24) is 5.32 Å². The molecule has 464 valence electrons. The fourth-order valence-corrected chi connectivity index (χ4v) is 11.4. The number of nitrogens with one attached hydrogen (secondary N) is 1. The smallest absolute Gasteiger partial charge is 0.220 e. The highest BCUT2D eigenvalue weighted by Gasteiger charge is 2.18. The normalized spacial score (nSPS) is 13.0. The summed E-state index contributed by atoms with van der Waals surface area (Å²) in [6.07, 6.45) is 100. The van der Waals surface area contributed by atoms with Gasteiger partial charge in [-0.15, -0.1) is 0 Å². The molecule has 0 aromatic heterocycles. The number of carbonyl (C=O) groups is 1. The van der Waals surface area contributed by atoms with Crippen LogP contribution in [0.1, 0.15) is 393 Å². The SMILES string of the molecule is CC/C=C\C/C=C\C/C=C\C/C=C\CCCCCCCCCCCCCCCCCCCCCCCCCCC(=O)NC(CO)C(O)/C=C/CCCCCCCCCCCCCCCCCCCCCCCCCCCCCC. The molecule has 4 nitrogen and oxygen atoms in total. The molecule has 0 saturated heterocycles. The third-order valence-corrected chi connectivity index (χ3v) is 16.8. The number of unbranched alkanes of at least 4 members (excludes halogenated alkanes) is 52. The van der Waals surface area contributed by atoms with Crippen molar-refractivity contribution in [3.05, 3.63) is 60.8 Å². The molecular formula is C75H141NO3. The zero-order valence-corrected chi connectivity index (χ0v) is 53.7. The van der Waals surface area contributed by atoms with Gasteiger partial charge in [0.25, 0.3) is 0 Å². The largest absolute Gasteiger partial charge is 0.394 e. The molecule has 0 aliphatic heterocycles. The molecule has 3 N–H and O–H groups in total.